The van der Waals surface area contributed by atoms with E-state index in [1.807, 2.05) is 29.2 Å². The van der Waals surface area contributed by atoms with Crippen LogP contribution in [0.3, 0.4) is 0 Å². The van der Waals surface area contributed by atoms with Gasteiger partial charge < -0.3 is 9.64 Å². The molecule has 0 aliphatic carbocycles. The number of amides is 1. The largest absolute Gasteiger partial charge is 0.379 e. The van der Waals surface area contributed by atoms with Gasteiger partial charge in [-0.3, -0.25) is 4.79 Å². The zero-order valence-corrected chi connectivity index (χ0v) is 16.4. The first-order valence-electron chi connectivity index (χ1n) is 9.24. The zero-order chi connectivity index (χ0) is 18.8. The van der Waals surface area contributed by atoms with Crippen molar-refractivity contribution in [2.75, 3.05) is 45.6 Å². The molecule has 1 aromatic carbocycles. The predicted octanol–water partition coefficient (Wildman–Crippen LogP) is 1.76. The van der Waals surface area contributed by atoms with Crippen LogP contribution in [0, 0.1) is 5.41 Å². The van der Waals surface area contributed by atoms with E-state index in [0.717, 1.165) is 19.3 Å². The van der Waals surface area contributed by atoms with Crippen LogP contribution in [0.2, 0.25) is 0 Å². The first kappa shape index (κ1) is 19.3. The lowest BCUT2D eigenvalue weighted by molar-refractivity contribution is 0.0179. The topological polar surface area (TPSA) is 66.9 Å². The summed E-state index contributed by atoms with van der Waals surface area (Å²) in [5, 5.41) is 0. The number of carbonyl (C=O) groups is 1. The smallest absolute Gasteiger partial charge is 0.253 e. The second kappa shape index (κ2) is 7.66. The van der Waals surface area contributed by atoms with Gasteiger partial charge in [0.25, 0.3) is 5.91 Å². The zero-order valence-electron chi connectivity index (χ0n) is 15.6. The van der Waals surface area contributed by atoms with Crippen molar-refractivity contribution in [2.45, 2.75) is 26.2 Å². The van der Waals surface area contributed by atoms with E-state index in [0.29, 0.717) is 45.0 Å². The Morgan fingerprint density at radius 2 is 1.81 bits per heavy atom. The molecule has 7 heteroatoms. The Bertz CT molecular complexity index is 737. The Morgan fingerprint density at radius 1 is 1.15 bits per heavy atom. The van der Waals surface area contributed by atoms with Gasteiger partial charge in [-0.25, -0.2) is 8.42 Å². The van der Waals surface area contributed by atoms with Gasteiger partial charge in [0.05, 0.1) is 19.5 Å². The van der Waals surface area contributed by atoms with Gasteiger partial charge in [-0.15, -0.1) is 0 Å². The maximum atomic E-state index is 12.8. The molecule has 2 fully saturated rings. The van der Waals surface area contributed by atoms with Crippen molar-refractivity contribution < 1.29 is 17.9 Å². The highest BCUT2D eigenvalue weighted by molar-refractivity contribution is 7.88. The van der Waals surface area contributed by atoms with Crippen LogP contribution in [0.15, 0.2) is 24.3 Å². The number of ether oxygens (including phenoxy) is 1. The summed E-state index contributed by atoms with van der Waals surface area (Å²) in [6.45, 7) is 5.25. The van der Waals surface area contributed by atoms with E-state index in [4.69, 9.17) is 4.74 Å². The second-order valence-corrected chi connectivity index (χ2v) is 9.47. The lowest BCUT2D eigenvalue weighted by Gasteiger charge is -2.42. The molecule has 2 heterocycles. The molecule has 0 radical (unpaired) electrons. The number of carbonyl (C=O) groups excluding carboxylic acids is 1. The summed E-state index contributed by atoms with van der Waals surface area (Å²) in [6.07, 6.45) is 3.73. The average molecular weight is 381 g/mol. The molecule has 0 N–H and O–H groups in total. The lowest BCUT2D eigenvalue weighted by atomic mass is 9.79. The number of rotatable bonds is 3. The predicted molar refractivity (Wildman–Crippen MR) is 101 cm³/mol. The molecule has 0 unspecified atom stereocenters. The lowest BCUT2D eigenvalue weighted by Crippen LogP contribution is -2.49. The van der Waals surface area contributed by atoms with Crippen LogP contribution in [0.5, 0.6) is 0 Å². The van der Waals surface area contributed by atoms with E-state index in [1.165, 1.54) is 16.1 Å². The molecule has 26 heavy (non-hydrogen) atoms. The summed E-state index contributed by atoms with van der Waals surface area (Å²) in [6, 6.07) is 7.79. The third-order valence-electron chi connectivity index (χ3n) is 5.59. The van der Waals surface area contributed by atoms with Gasteiger partial charge in [0, 0.05) is 37.2 Å². The van der Waals surface area contributed by atoms with E-state index < -0.39 is 10.0 Å². The van der Waals surface area contributed by atoms with Gasteiger partial charge in [-0.2, -0.15) is 4.31 Å². The van der Waals surface area contributed by atoms with Crippen LogP contribution < -0.4 is 0 Å². The highest BCUT2D eigenvalue weighted by atomic mass is 32.2. The van der Waals surface area contributed by atoms with Crippen molar-refractivity contribution in [3.63, 3.8) is 0 Å². The minimum absolute atomic E-state index is 0.0528. The highest BCUT2D eigenvalue weighted by Gasteiger charge is 2.41. The van der Waals surface area contributed by atoms with Crippen LogP contribution in [0.25, 0.3) is 0 Å². The van der Waals surface area contributed by atoms with Gasteiger partial charge in [0.15, 0.2) is 0 Å². The number of sulfonamides is 1. The third kappa shape index (κ3) is 4.27. The molecule has 0 saturated carbocycles. The summed E-state index contributed by atoms with van der Waals surface area (Å²) >= 11 is 0. The summed E-state index contributed by atoms with van der Waals surface area (Å²) < 4.78 is 31.2. The molecule has 1 spiro atoms. The van der Waals surface area contributed by atoms with Crippen molar-refractivity contribution in [2.24, 2.45) is 5.41 Å². The molecule has 1 aromatic rings. The Kier molecular flexibility index (Phi) is 5.69. The molecule has 1 amide bonds. The Labute approximate surface area is 156 Å². The molecule has 0 aromatic heterocycles. The molecular weight excluding hydrogens is 352 g/mol. The summed E-state index contributed by atoms with van der Waals surface area (Å²) in [5.41, 5.74) is 1.74. The van der Waals surface area contributed by atoms with E-state index in [-0.39, 0.29) is 11.3 Å². The Balaban J connectivity index is 1.66. The molecule has 0 atom stereocenters. The first-order valence-corrected chi connectivity index (χ1v) is 11.1. The van der Waals surface area contributed by atoms with Crippen molar-refractivity contribution >= 4 is 15.9 Å². The standard InChI is InChI=1S/C19H28N2O4S/c1-3-16-4-6-17(7-5-16)18(22)20-10-8-19(9-11-20)14-21(26(2,23)24)12-13-25-15-19/h4-7H,3,8-15H2,1-2H3. The number of benzene rings is 1. The van der Waals surface area contributed by atoms with Gasteiger partial charge in [-0.1, -0.05) is 19.1 Å². The second-order valence-electron chi connectivity index (χ2n) is 7.49. The Hall–Kier alpha value is -1.44. The van der Waals surface area contributed by atoms with Gasteiger partial charge >= 0.3 is 0 Å². The minimum atomic E-state index is -3.23. The summed E-state index contributed by atoms with van der Waals surface area (Å²) in [4.78, 5) is 14.6. The van der Waals surface area contributed by atoms with Gasteiger partial charge in [0.1, 0.15) is 0 Å². The minimum Gasteiger partial charge on any atom is -0.379 e. The number of hydrogen-bond acceptors (Lipinski definition) is 4. The molecule has 0 bridgehead atoms. The first-order chi connectivity index (χ1) is 12.3. The van der Waals surface area contributed by atoms with E-state index >= 15 is 0 Å². The molecule has 2 saturated heterocycles. The van der Waals surface area contributed by atoms with Crippen molar-refractivity contribution in [1.29, 1.82) is 0 Å². The summed E-state index contributed by atoms with van der Waals surface area (Å²) in [5.74, 6) is 0.0528. The van der Waals surface area contributed by atoms with Crippen molar-refractivity contribution in [3.05, 3.63) is 35.4 Å². The number of piperidine rings is 1. The van der Waals surface area contributed by atoms with E-state index in [9.17, 15) is 13.2 Å². The number of aryl methyl sites for hydroxylation is 1. The van der Waals surface area contributed by atoms with E-state index in [2.05, 4.69) is 6.92 Å². The highest BCUT2D eigenvalue weighted by Crippen LogP contribution is 2.35. The normalized spacial score (nSPS) is 21.5. The third-order valence-corrected chi connectivity index (χ3v) is 6.84. The molecule has 3 rings (SSSR count). The number of likely N-dealkylation sites (tertiary alicyclic amines) is 1. The van der Waals surface area contributed by atoms with Crippen molar-refractivity contribution in [3.8, 4) is 0 Å². The molecule has 6 nitrogen and oxygen atoms in total. The molecule has 2 aliphatic heterocycles. The fraction of sp³-hybridized carbons (Fsp3) is 0.632. The fourth-order valence-electron chi connectivity index (χ4n) is 3.79. The average Bonchev–Trinajstić information content (AvgIpc) is 2.85. The maximum absolute atomic E-state index is 12.8. The quantitative estimate of drug-likeness (QED) is 0.801. The SMILES string of the molecule is CCc1ccc(C(=O)N2CCC3(CC2)COCCN(S(C)(=O)=O)C3)cc1. The van der Waals surface area contributed by atoms with Crippen molar-refractivity contribution in [1.82, 2.24) is 9.21 Å². The van der Waals surface area contributed by atoms with Crippen LogP contribution in [-0.4, -0.2) is 69.2 Å². The molecule has 2 aliphatic rings. The molecule has 144 valence electrons. The van der Waals surface area contributed by atoms with Gasteiger partial charge in [0.2, 0.25) is 10.0 Å². The number of nitrogens with zero attached hydrogens (tertiary/aromatic N) is 2. The van der Waals surface area contributed by atoms with Gasteiger partial charge in [-0.05, 0) is 37.0 Å². The fourth-order valence-corrected chi connectivity index (χ4v) is 4.70. The monoisotopic (exact) mass is 380 g/mol. The summed E-state index contributed by atoms with van der Waals surface area (Å²) in [7, 11) is -3.23. The van der Waals surface area contributed by atoms with Crippen LogP contribution in [0.4, 0.5) is 0 Å². The molecular formula is C19H28N2O4S. The number of hydrogen-bond donors (Lipinski definition) is 0. The maximum Gasteiger partial charge on any atom is 0.253 e. The van der Waals surface area contributed by atoms with Crippen LogP contribution in [-0.2, 0) is 21.2 Å². The van der Waals surface area contributed by atoms with E-state index in [1.54, 1.807) is 0 Å². The van der Waals surface area contributed by atoms with Crippen LogP contribution >= 0.6 is 0 Å². The Morgan fingerprint density at radius 3 is 2.38 bits per heavy atom. The van der Waals surface area contributed by atoms with Crippen LogP contribution in [0.1, 0.15) is 35.7 Å².